The number of ether oxygens (including phenoxy) is 1. The smallest absolute Gasteiger partial charge is 0.0594 e. The first-order chi connectivity index (χ1) is 11.9. The van der Waals surface area contributed by atoms with Crippen molar-refractivity contribution in [2.45, 2.75) is 25.4 Å². The number of nitrogens with one attached hydrogen (secondary N) is 1. The molecule has 1 N–H and O–H groups in total. The Morgan fingerprint density at radius 1 is 1.00 bits per heavy atom. The fraction of sp³-hybridized carbons (Fsp3) is 0.700. The lowest BCUT2D eigenvalue weighted by Crippen LogP contribution is -2.43. The molecule has 3 fully saturated rings. The van der Waals surface area contributed by atoms with Crippen molar-refractivity contribution in [2.75, 3.05) is 52.5 Å². The summed E-state index contributed by atoms with van der Waals surface area (Å²) in [7, 11) is 0. The molecule has 4 nitrogen and oxygen atoms in total. The quantitative estimate of drug-likeness (QED) is 0.862. The molecule has 0 bridgehead atoms. The van der Waals surface area contributed by atoms with E-state index in [4.69, 9.17) is 4.74 Å². The van der Waals surface area contributed by atoms with E-state index in [2.05, 4.69) is 45.4 Å². The highest BCUT2D eigenvalue weighted by Gasteiger charge is 2.42. The first-order valence-corrected chi connectivity index (χ1v) is 9.68. The average molecular weight is 329 g/mol. The molecule has 2 saturated heterocycles. The van der Waals surface area contributed by atoms with Crippen molar-refractivity contribution in [3.63, 3.8) is 0 Å². The van der Waals surface area contributed by atoms with Crippen LogP contribution in [-0.4, -0.2) is 68.3 Å². The molecule has 4 rings (SSSR count). The third-order valence-electron chi connectivity index (χ3n) is 6.12. The van der Waals surface area contributed by atoms with Gasteiger partial charge >= 0.3 is 0 Å². The van der Waals surface area contributed by atoms with Gasteiger partial charge in [-0.25, -0.2) is 0 Å². The van der Waals surface area contributed by atoms with Crippen molar-refractivity contribution in [1.29, 1.82) is 0 Å². The topological polar surface area (TPSA) is 27.7 Å². The van der Waals surface area contributed by atoms with E-state index in [0.29, 0.717) is 0 Å². The molecule has 0 spiro atoms. The SMILES string of the molecule is c1ccc(CN2CC3CCC(NCCN4CCOCC4)C3C2)cc1. The van der Waals surface area contributed by atoms with E-state index in [-0.39, 0.29) is 0 Å². The molecule has 1 aromatic rings. The minimum atomic E-state index is 0.733. The summed E-state index contributed by atoms with van der Waals surface area (Å²) in [6.07, 6.45) is 2.78. The van der Waals surface area contributed by atoms with E-state index in [0.717, 1.165) is 57.3 Å². The number of hydrogen-bond donors (Lipinski definition) is 1. The van der Waals surface area contributed by atoms with Crippen LogP contribution in [0.15, 0.2) is 30.3 Å². The van der Waals surface area contributed by atoms with Gasteiger partial charge < -0.3 is 10.1 Å². The predicted octanol–water partition coefficient (Wildman–Crippen LogP) is 1.82. The predicted molar refractivity (Wildman–Crippen MR) is 97.0 cm³/mol. The molecular weight excluding hydrogens is 298 g/mol. The van der Waals surface area contributed by atoms with Crippen LogP contribution in [0.1, 0.15) is 18.4 Å². The molecular formula is C20H31N3O. The van der Waals surface area contributed by atoms with Gasteiger partial charge in [0.1, 0.15) is 0 Å². The van der Waals surface area contributed by atoms with Gasteiger partial charge in [0.15, 0.2) is 0 Å². The summed E-state index contributed by atoms with van der Waals surface area (Å²) in [6, 6.07) is 11.7. The second kappa shape index (κ2) is 7.96. The van der Waals surface area contributed by atoms with E-state index in [1.165, 1.54) is 38.0 Å². The zero-order valence-electron chi connectivity index (χ0n) is 14.7. The minimum absolute atomic E-state index is 0.733. The molecule has 132 valence electrons. The number of hydrogen-bond acceptors (Lipinski definition) is 4. The molecule has 2 heterocycles. The zero-order chi connectivity index (χ0) is 16.2. The molecule has 0 aromatic heterocycles. The largest absolute Gasteiger partial charge is 0.379 e. The Kier molecular flexibility index (Phi) is 5.48. The highest BCUT2D eigenvalue weighted by atomic mass is 16.5. The monoisotopic (exact) mass is 329 g/mol. The van der Waals surface area contributed by atoms with Gasteiger partial charge in [0, 0.05) is 51.9 Å². The van der Waals surface area contributed by atoms with Crippen LogP contribution in [0.3, 0.4) is 0 Å². The number of nitrogens with zero attached hydrogens (tertiary/aromatic N) is 2. The summed E-state index contributed by atoms with van der Waals surface area (Å²) in [5, 5.41) is 3.88. The fourth-order valence-electron chi connectivity index (χ4n) is 4.81. The summed E-state index contributed by atoms with van der Waals surface area (Å²) >= 11 is 0. The maximum atomic E-state index is 5.43. The van der Waals surface area contributed by atoms with Gasteiger partial charge in [-0.15, -0.1) is 0 Å². The number of likely N-dealkylation sites (tertiary alicyclic amines) is 1. The zero-order valence-corrected chi connectivity index (χ0v) is 14.7. The van der Waals surface area contributed by atoms with Crippen molar-refractivity contribution in [3.8, 4) is 0 Å². The van der Waals surface area contributed by atoms with E-state index in [9.17, 15) is 0 Å². The Hall–Kier alpha value is -0.940. The van der Waals surface area contributed by atoms with E-state index < -0.39 is 0 Å². The van der Waals surface area contributed by atoms with Gasteiger partial charge in [0.2, 0.25) is 0 Å². The fourth-order valence-corrected chi connectivity index (χ4v) is 4.81. The summed E-state index contributed by atoms with van der Waals surface area (Å²) < 4.78 is 5.43. The van der Waals surface area contributed by atoms with Gasteiger partial charge in [-0.3, -0.25) is 9.80 Å². The second-order valence-electron chi connectivity index (χ2n) is 7.70. The summed E-state index contributed by atoms with van der Waals surface area (Å²) in [4.78, 5) is 5.19. The molecule has 0 radical (unpaired) electrons. The molecule has 1 aromatic carbocycles. The molecule has 4 heteroatoms. The van der Waals surface area contributed by atoms with Crippen LogP contribution in [0.4, 0.5) is 0 Å². The molecule has 2 aliphatic heterocycles. The van der Waals surface area contributed by atoms with E-state index in [1.807, 2.05) is 0 Å². The summed E-state index contributed by atoms with van der Waals surface area (Å²) in [5.41, 5.74) is 1.45. The molecule has 0 amide bonds. The lowest BCUT2D eigenvalue weighted by atomic mass is 9.98. The maximum Gasteiger partial charge on any atom is 0.0594 e. The van der Waals surface area contributed by atoms with Crippen molar-refractivity contribution >= 4 is 0 Å². The van der Waals surface area contributed by atoms with Crippen molar-refractivity contribution in [3.05, 3.63) is 35.9 Å². The van der Waals surface area contributed by atoms with E-state index >= 15 is 0 Å². The maximum absolute atomic E-state index is 5.43. The van der Waals surface area contributed by atoms with Crippen LogP contribution in [-0.2, 0) is 11.3 Å². The second-order valence-corrected chi connectivity index (χ2v) is 7.70. The molecule has 3 aliphatic rings. The number of fused-ring (bicyclic) bond motifs is 1. The number of morpholine rings is 1. The Morgan fingerprint density at radius 3 is 2.67 bits per heavy atom. The first-order valence-electron chi connectivity index (χ1n) is 9.68. The van der Waals surface area contributed by atoms with Crippen LogP contribution in [0, 0.1) is 11.8 Å². The van der Waals surface area contributed by atoms with Crippen molar-refractivity contribution in [1.82, 2.24) is 15.1 Å². The van der Waals surface area contributed by atoms with Crippen molar-refractivity contribution < 1.29 is 4.74 Å². The van der Waals surface area contributed by atoms with Crippen molar-refractivity contribution in [2.24, 2.45) is 11.8 Å². The molecule has 3 unspecified atom stereocenters. The van der Waals surface area contributed by atoms with Crippen LogP contribution in [0.5, 0.6) is 0 Å². The van der Waals surface area contributed by atoms with E-state index in [1.54, 1.807) is 0 Å². The Bertz CT molecular complexity index is 503. The highest BCUT2D eigenvalue weighted by molar-refractivity contribution is 5.15. The Morgan fingerprint density at radius 2 is 1.83 bits per heavy atom. The standard InChI is InChI=1S/C20H31N3O/c1-2-4-17(5-3-1)14-23-15-18-6-7-20(19(18)16-23)21-8-9-22-10-12-24-13-11-22/h1-5,18-21H,6-16H2. The lowest BCUT2D eigenvalue weighted by molar-refractivity contribution is 0.0379. The minimum Gasteiger partial charge on any atom is -0.379 e. The van der Waals surface area contributed by atoms with Gasteiger partial charge in [0.05, 0.1) is 13.2 Å². The molecule has 1 saturated carbocycles. The van der Waals surface area contributed by atoms with Gasteiger partial charge in [-0.05, 0) is 30.2 Å². The summed E-state index contributed by atoms with van der Waals surface area (Å²) in [6.45, 7) is 10.00. The van der Waals surface area contributed by atoms with Gasteiger partial charge in [0.25, 0.3) is 0 Å². The van der Waals surface area contributed by atoms with Gasteiger partial charge in [-0.1, -0.05) is 30.3 Å². The van der Waals surface area contributed by atoms with Crippen LogP contribution in [0.25, 0.3) is 0 Å². The Labute approximate surface area is 146 Å². The third kappa shape index (κ3) is 3.99. The Balaban J connectivity index is 1.22. The normalized spacial score (nSPS) is 31.4. The highest BCUT2D eigenvalue weighted by Crippen LogP contribution is 2.38. The number of rotatable bonds is 6. The third-order valence-corrected chi connectivity index (χ3v) is 6.12. The lowest BCUT2D eigenvalue weighted by Gasteiger charge is -2.28. The van der Waals surface area contributed by atoms with Crippen LogP contribution in [0.2, 0.25) is 0 Å². The van der Waals surface area contributed by atoms with Crippen LogP contribution >= 0.6 is 0 Å². The molecule has 24 heavy (non-hydrogen) atoms. The molecule has 3 atom stereocenters. The first kappa shape index (κ1) is 16.5. The molecule has 1 aliphatic carbocycles. The van der Waals surface area contributed by atoms with Gasteiger partial charge in [-0.2, -0.15) is 0 Å². The number of benzene rings is 1. The average Bonchev–Trinajstić information content (AvgIpc) is 3.18. The summed E-state index contributed by atoms with van der Waals surface area (Å²) in [5.74, 6) is 1.77. The van der Waals surface area contributed by atoms with Crippen LogP contribution < -0.4 is 5.32 Å².